The van der Waals surface area contributed by atoms with Crippen LogP contribution in [0.1, 0.15) is 29.8 Å². The summed E-state index contributed by atoms with van der Waals surface area (Å²) in [6.07, 6.45) is 4.98. The topological polar surface area (TPSA) is 66.3 Å². The lowest BCUT2D eigenvalue weighted by Crippen LogP contribution is -2.31. The Bertz CT molecular complexity index is 361. The lowest BCUT2D eigenvalue weighted by Gasteiger charge is -2.26. The standard InChI is InChI=1S/C10H13N3O2/c14-9(15)8-4-5-11-10(12-8)13-6-2-1-3-7-13/h4-5H,1-3,6-7H2,(H,14,15). The highest BCUT2D eigenvalue weighted by Gasteiger charge is 2.14. The molecule has 0 saturated carbocycles. The summed E-state index contributed by atoms with van der Waals surface area (Å²) in [5, 5.41) is 8.80. The summed E-state index contributed by atoms with van der Waals surface area (Å²) in [5.41, 5.74) is 0.0607. The molecule has 0 aliphatic carbocycles. The monoisotopic (exact) mass is 207 g/mol. The van der Waals surface area contributed by atoms with E-state index in [4.69, 9.17) is 5.11 Å². The Balaban J connectivity index is 2.19. The summed E-state index contributed by atoms with van der Waals surface area (Å²) in [5.74, 6) is -0.467. The number of hydrogen-bond donors (Lipinski definition) is 1. The third-order valence-electron chi connectivity index (χ3n) is 2.50. The number of carbonyl (C=O) groups is 1. The molecule has 1 N–H and O–H groups in total. The molecule has 0 unspecified atom stereocenters. The molecule has 1 aliphatic rings. The molecule has 0 aromatic carbocycles. The van der Waals surface area contributed by atoms with E-state index in [1.54, 1.807) is 0 Å². The van der Waals surface area contributed by atoms with E-state index in [9.17, 15) is 4.79 Å². The van der Waals surface area contributed by atoms with Crippen molar-refractivity contribution >= 4 is 11.9 Å². The van der Waals surface area contributed by atoms with Crippen molar-refractivity contribution in [3.8, 4) is 0 Å². The summed E-state index contributed by atoms with van der Waals surface area (Å²) in [4.78, 5) is 20.9. The maximum atomic E-state index is 10.7. The Labute approximate surface area is 87.8 Å². The normalized spacial score (nSPS) is 16.4. The van der Waals surface area contributed by atoms with E-state index < -0.39 is 5.97 Å². The molecule has 15 heavy (non-hydrogen) atoms. The minimum Gasteiger partial charge on any atom is -0.477 e. The molecule has 80 valence electrons. The number of nitrogens with zero attached hydrogens (tertiary/aromatic N) is 3. The van der Waals surface area contributed by atoms with Crippen molar-refractivity contribution in [2.75, 3.05) is 18.0 Å². The van der Waals surface area contributed by atoms with Crippen molar-refractivity contribution in [3.63, 3.8) is 0 Å². The van der Waals surface area contributed by atoms with Crippen molar-refractivity contribution in [3.05, 3.63) is 18.0 Å². The fourth-order valence-electron chi connectivity index (χ4n) is 1.71. The van der Waals surface area contributed by atoms with Gasteiger partial charge in [-0.15, -0.1) is 0 Å². The predicted molar refractivity (Wildman–Crippen MR) is 55.1 cm³/mol. The van der Waals surface area contributed by atoms with Crippen LogP contribution in [0.25, 0.3) is 0 Å². The minimum absolute atomic E-state index is 0.0607. The lowest BCUT2D eigenvalue weighted by atomic mass is 10.1. The number of hydrogen-bond acceptors (Lipinski definition) is 4. The second kappa shape index (κ2) is 4.25. The highest BCUT2D eigenvalue weighted by molar-refractivity contribution is 5.85. The predicted octanol–water partition coefficient (Wildman–Crippen LogP) is 1.17. The average molecular weight is 207 g/mol. The summed E-state index contributed by atoms with van der Waals surface area (Å²) in [6, 6.07) is 1.41. The molecular formula is C10H13N3O2. The Morgan fingerprint density at radius 1 is 1.33 bits per heavy atom. The van der Waals surface area contributed by atoms with Crippen LogP contribution in [-0.2, 0) is 0 Å². The number of aromatic nitrogens is 2. The molecule has 1 aromatic heterocycles. The molecule has 0 radical (unpaired) electrons. The fraction of sp³-hybridized carbons (Fsp3) is 0.500. The molecule has 2 rings (SSSR count). The fourth-order valence-corrected chi connectivity index (χ4v) is 1.71. The van der Waals surface area contributed by atoms with Crippen molar-refractivity contribution in [1.29, 1.82) is 0 Å². The Morgan fingerprint density at radius 3 is 2.73 bits per heavy atom. The van der Waals surface area contributed by atoms with Gasteiger partial charge in [-0.25, -0.2) is 14.8 Å². The van der Waals surface area contributed by atoms with Crippen molar-refractivity contribution < 1.29 is 9.90 Å². The van der Waals surface area contributed by atoms with Gasteiger partial charge in [0.2, 0.25) is 5.95 Å². The van der Waals surface area contributed by atoms with Crippen LogP contribution in [-0.4, -0.2) is 34.1 Å². The number of carboxylic acid groups (broad SMARTS) is 1. The average Bonchev–Trinajstić information content (AvgIpc) is 2.30. The molecule has 5 heteroatoms. The third kappa shape index (κ3) is 2.23. The van der Waals surface area contributed by atoms with Gasteiger partial charge in [-0.1, -0.05) is 0 Å². The van der Waals surface area contributed by atoms with Crippen LogP contribution in [0.5, 0.6) is 0 Å². The van der Waals surface area contributed by atoms with Gasteiger partial charge in [0, 0.05) is 19.3 Å². The Morgan fingerprint density at radius 2 is 2.07 bits per heavy atom. The SMILES string of the molecule is O=C(O)c1ccnc(N2CCCCC2)n1. The van der Waals surface area contributed by atoms with E-state index in [1.807, 2.05) is 4.90 Å². The first kappa shape index (κ1) is 9.89. The lowest BCUT2D eigenvalue weighted by molar-refractivity contribution is 0.0690. The first-order chi connectivity index (χ1) is 7.27. The molecule has 1 aromatic rings. The molecule has 1 aliphatic heterocycles. The molecule has 0 spiro atoms. The summed E-state index contributed by atoms with van der Waals surface area (Å²) < 4.78 is 0. The van der Waals surface area contributed by atoms with Gasteiger partial charge in [-0.05, 0) is 25.3 Å². The van der Waals surface area contributed by atoms with E-state index in [1.165, 1.54) is 18.7 Å². The number of rotatable bonds is 2. The largest absolute Gasteiger partial charge is 0.477 e. The maximum absolute atomic E-state index is 10.7. The van der Waals surface area contributed by atoms with Crippen molar-refractivity contribution in [2.45, 2.75) is 19.3 Å². The molecule has 0 atom stereocenters. The quantitative estimate of drug-likeness (QED) is 0.788. The van der Waals surface area contributed by atoms with E-state index >= 15 is 0 Å². The van der Waals surface area contributed by atoms with Gasteiger partial charge in [-0.3, -0.25) is 0 Å². The minimum atomic E-state index is -1.00. The van der Waals surface area contributed by atoms with Crippen LogP contribution in [0, 0.1) is 0 Å². The molecule has 1 fully saturated rings. The Kier molecular flexibility index (Phi) is 2.80. The first-order valence-electron chi connectivity index (χ1n) is 5.08. The maximum Gasteiger partial charge on any atom is 0.354 e. The molecule has 0 amide bonds. The zero-order valence-corrected chi connectivity index (χ0v) is 8.39. The van der Waals surface area contributed by atoms with E-state index in [2.05, 4.69) is 9.97 Å². The van der Waals surface area contributed by atoms with Crippen LogP contribution in [0.3, 0.4) is 0 Å². The number of carboxylic acids is 1. The number of anilines is 1. The van der Waals surface area contributed by atoms with Gasteiger partial charge in [0.25, 0.3) is 0 Å². The molecule has 0 bridgehead atoms. The van der Waals surface area contributed by atoms with Gasteiger partial charge in [0.1, 0.15) is 0 Å². The van der Waals surface area contributed by atoms with Crippen molar-refractivity contribution in [1.82, 2.24) is 9.97 Å². The molecule has 2 heterocycles. The van der Waals surface area contributed by atoms with Crippen LogP contribution >= 0.6 is 0 Å². The van der Waals surface area contributed by atoms with Gasteiger partial charge < -0.3 is 10.0 Å². The first-order valence-corrected chi connectivity index (χ1v) is 5.08. The van der Waals surface area contributed by atoms with Crippen LogP contribution in [0.4, 0.5) is 5.95 Å². The smallest absolute Gasteiger partial charge is 0.354 e. The van der Waals surface area contributed by atoms with E-state index in [-0.39, 0.29) is 5.69 Å². The van der Waals surface area contributed by atoms with Crippen molar-refractivity contribution in [2.24, 2.45) is 0 Å². The highest BCUT2D eigenvalue weighted by atomic mass is 16.4. The van der Waals surface area contributed by atoms with Crippen LogP contribution < -0.4 is 4.90 Å². The second-order valence-electron chi connectivity index (χ2n) is 3.59. The highest BCUT2D eigenvalue weighted by Crippen LogP contribution is 2.15. The molecular weight excluding hydrogens is 194 g/mol. The summed E-state index contributed by atoms with van der Waals surface area (Å²) in [6.45, 7) is 1.84. The second-order valence-corrected chi connectivity index (χ2v) is 3.59. The van der Waals surface area contributed by atoms with Crippen LogP contribution in [0.2, 0.25) is 0 Å². The van der Waals surface area contributed by atoms with Crippen LogP contribution in [0.15, 0.2) is 12.3 Å². The Hall–Kier alpha value is -1.65. The molecule has 1 saturated heterocycles. The third-order valence-corrected chi connectivity index (χ3v) is 2.50. The number of piperidine rings is 1. The molecule has 5 nitrogen and oxygen atoms in total. The summed E-state index contributed by atoms with van der Waals surface area (Å²) in [7, 11) is 0. The van der Waals surface area contributed by atoms with Gasteiger partial charge >= 0.3 is 5.97 Å². The zero-order chi connectivity index (χ0) is 10.7. The summed E-state index contributed by atoms with van der Waals surface area (Å²) >= 11 is 0. The number of aromatic carboxylic acids is 1. The van der Waals surface area contributed by atoms with Gasteiger partial charge in [0.05, 0.1) is 0 Å². The zero-order valence-electron chi connectivity index (χ0n) is 8.39. The van der Waals surface area contributed by atoms with E-state index in [0.717, 1.165) is 25.9 Å². The van der Waals surface area contributed by atoms with Gasteiger partial charge in [0.15, 0.2) is 5.69 Å². The van der Waals surface area contributed by atoms with Gasteiger partial charge in [-0.2, -0.15) is 0 Å². The van der Waals surface area contributed by atoms with E-state index in [0.29, 0.717) is 5.95 Å².